The van der Waals surface area contributed by atoms with Crippen molar-refractivity contribution in [1.29, 1.82) is 0 Å². The van der Waals surface area contributed by atoms with Crippen LogP contribution in [0.25, 0.3) is 10.8 Å². The lowest BCUT2D eigenvalue weighted by Crippen LogP contribution is -2.06. The van der Waals surface area contributed by atoms with Gasteiger partial charge in [0.2, 0.25) is 0 Å². The minimum atomic E-state index is 0.0881. The molecule has 0 amide bonds. The molecule has 18 heavy (non-hydrogen) atoms. The van der Waals surface area contributed by atoms with Gasteiger partial charge in [0.25, 0.3) is 0 Å². The summed E-state index contributed by atoms with van der Waals surface area (Å²) in [7, 11) is 0. The Balaban J connectivity index is 2.03. The third-order valence-corrected chi connectivity index (χ3v) is 4.33. The van der Waals surface area contributed by atoms with Crippen LogP contribution in [0.15, 0.2) is 36.4 Å². The third-order valence-electron chi connectivity index (χ3n) is 3.77. The number of hydrogen-bond donors (Lipinski definition) is 0. The van der Waals surface area contributed by atoms with Crippen molar-refractivity contribution in [3.63, 3.8) is 0 Å². The van der Waals surface area contributed by atoms with Crippen molar-refractivity contribution < 1.29 is 4.79 Å². The molecule has 1 aliphatic carbocycles. The van der Waals surface area contributed by atoms with Crippen molar-refractivity contribution in [2.75, 3.05) is 5.33 Å². The Morgan fingerprint density at radius 3 is 2.61 bits per heavy atom. The molecule has 0 spiro atoms. The van der Waals surface area contributed by atoms with E-state index in [1.54, 1.807) is 0 Å². The first kappa shape index (κ1) is 11.9. The summed E-state index contributed by atoms with van der Waals surface area (Å²) in [6, 6.07) is 12.3. The van der Waals surface area contributed by atoms with E-state index in [4.69, 9.17) is 0 Å². The van der Waals surface area contributed by atoms with Gasteiger partial charge in [0.15, 0.2) is 5.78 Å². The van der Waals surface area contributed by atoms with Crippen molar-refractivity contribution in [3.8, 4) is 0 Å². The van der Waals surface area contributed by atoms with Crippen LogP contribution in [0.3, 0.4) is 0 Å². The van der Waals surface area contributed by atoms with Crippen LogP contribution in [-0.4, -0.2) is 11.1 Å². The number of hydrogen-bond acceptors (Lipinski definition) is 1. The Bertz CT molecular complexity index is 598. The predicted molar refractivity (Wildman–Crippen MR) is 78.7 cm³/mol. The highest BCUT2D eigenvalue weighted by atomic mass is 79.9. The summed E-state index contributed by atoms with van der Waals surface area (Å²) in [4.78, 5) is 12.5. The van der Waals surface area contributed by atoms with E-state index in [0.717, 1.165) is 30.2 Å². The zero-order chi connectivity index (χ0) is 12.5. The second kappa shape index (κ2) is 4.85. The van der Waals surface area contributed by atoms with Crippen molar-refractivity contribution in [3.05, 3.63) is 47.5 Å². The van der Waals surface area contributed by atoms with Crippen molar-refractivity contribution >= 4 is 32.5 Å². The van der Waals surface area contributed by atoms with E-state index in [9.17, 15) is 4.79 Å². The molecule has 2 aromatic carbocycles. The fourth-order valence-corrected chi connectivity index (χ4v) is 3.32. The lowest BCUT2D eigenvalue weighted by molar-refractivity contribution is 0.0963. The maximum Gasteiger partial charge on any atom is 0.170 e. The van der Waals surface area contributed by atoms with E-state index in [0.29, 0.717) is 5.78 Å². The predicted octanol–water partition coefficient (Wildman–Crippen LogP) is 4.68. The molecule has 1 atom stereocenters. The van der Waals surface area contributed by atoms with Gasteiger partial charge in [-0.15, -0.1) is 0 Å². The first-order valence-electron chi connectivity index (χ1n) is 6.45. The minimum absolute atomic E-state index is 0.0881. The SMILES string of the molecule is O=C1c2cccc3cccc(c23)C1CCCCBr. The molecule has 0 bridgehead atoms. The van der Waals surface area contributed by atoms with Crippen LogP contribution < -0.4 is 0 Å². The number of halogens is 1. The Kier molecular flexibility index (Phi) is 3.21. The molecule has 0 heterocycles. The molecule has 2 aromatic rings. The lowest BCUT2D eigenvalue weighted by atomic mass is 9.94. The van der Waals surface area contributed by atoms with E-state index in [-0.39, 0.29) is 5.92 Å². The molecule has 0 aliphatic heterocycles. The molecule has 0 aromatic heterocycles. The number of unbranched alkanes of at least 4 members (excludes halogenated alkanes) is 1. The van der Waals surface area contributed by atoms with Gasteiger partial charge >= 0.3 is 0 Å². The summed E-state index contributed by atoms with van der Waals surface area (Å²) in [5.74, 6) is 0.404. The second-order valence-electron chi connectivity index (χ2n) is 4.85. The highest BCUT2D eigenvalue weighted by Crippen LogP contribution is 2.40. The van der Waals surface area contributed by atoms with E-state index in [1.807, 2.05) is 12.1 Å². The van der Waals surface area contributed by atoms with Gasteiger partial charge in [-0.2, -0.15) is 0 Å². The van der Waals surface area contributed by atoms with Crippen LogP contribution in [0.1, 0.15) is 41.1 Å². The maximum atomic E-state index is 12.5. The molecular formula is C16H15BrO. The highest BCUT2D eigenvalue weighted by Gasteiger charge is 2.31. The molecule has 1 unspecified atom stereocenters. The lowest BCUT2D eigenvalue weighted by Gasteiger charge is -2.09. The van der Waals surface area contributed by atoms with Gasteiger partial charge in [0.05, 0.1) is 0 Å². The standard InChI is InChI=1S/C16H15BrO/c17-10-2-1-7-13-12-8-3-5-11-6-4-9-14(15(11)12)16(13)18/h3-6,8-9,13H,1-2,7,10H2. The molecule has 1 nitrogen and oxygen atoms in total. The Hall–Kier alpha value is -1.15. The number of ketones is 1. The molecule has 1 aliphatic rings. The Morgan fingerprint density at radius 2 is 1.83 bits per heavy atom. The van der Waals surface area contributed by atoms with E-state index in [2.05, 4.69) is 40.2 Å². The Labute approximate surface area is 115 Å². The van der Waals surface area contributed by atoms with Crippen molar-refractivity contribution in [2.24, 2.45) is 0 Å². The third kappa shape index (κ3) is 1.79. The van der Waals surface area contributed by atoms with Gasteiger partial charge in [0.1, 0.15) is 0 Å². The number of carbonyl (C=O) groups is 1. The number of Topliss-reactive ketones (excluding diaryl/α,β-unsaturated/α-hetero) is 1. The normalized spacial score (nSPS) is 17.6. The fraction of sp³-hybridized carbons (Fsp3) is 0.312. The van der Waals surface area contributed by atoms with Crippen molar-refractivity contribution in [2.45, 2.75) is 25.2 Å². The number of benzene rings is 2. The average molecular weight is 303 g/mol. The van der Waals surface area contributed by atoms with E-state index in [1.165, 1.54) is 16.3 Å². The first-order chi connectivity index (χ1) is 8.83. The molecule has 2 heteroatoms. The van der Waals surface area contributed by atoms with Crippen LogP contribution in [-0.2, 0) is 0 Å². The van der Waals surface area contributed by atoms with Gasteiger partial charge < -0.3 is 0 Å². The molecular weight excluding hydrogens is 288 g/mol. The smallest absolute Gasteiger partial charge is 0.170 e. The topological polar surface area (TPSA) is 17.1 Å². The minimum Gasteiger partial charge on any atom is -0.293 e. The highest BCUT2D eigenvalue weighted by molar-refractivity contribution is 9.09. The van der Waals surface area contributed by atoms with Crippen LogP contribution in [0.4, 0.5) is 0 Å². The molecule has 0 saturated carbocycles. The van der Waals surface area contributed by atoms with E-state index < -0.39 is 0 Å². The van der Waals surface area contributed by atoms with Gasteiger partial charge in [-0.25, -0.2) is 0 Å². The quantitative estimate of drug-likeness (QED) is 0.592. The number of carbonyl (C=O) groups excluding carboxylic acids is 1. The first-order valence-corrected chi connectivity index (χ1v) is 7.57. The van der Waals surface area contributed by atoms with Gasteiger partial charge in [-0.1, -0.05) is 58.7 Å². The Morgan fingerprint density at radius 1 is 1.06 bits per heavy atom. The second-order valence-corrected chi connectivity index (χ2v) is 5.65. The van der Waals surface area contributed by atoms with Crippen LogP contribution >= 0.6 is 15.9 Å². The summed E-state index contributed by atoms with van der Waals surface area (Å²) >= 11 is 3.45. The largest absolute Gasteiger partial charge is 0.293 e. The van der Waals surface area contributed by atoms with E-state index >= 15 is 0 Å². The summed E-state index contributed by atoms with van der Waals surface area (Å²) < 4.78 is 0. The van der Waals surface area contributed by atoms with Crippen LogP contribution in [0, 0.1) is 0 Å². The number of alkyl halides is 1. The molecule has 0 saturated heterocycles. The zero-order valence-corrected chi connectivity index (χ0v) is 11.7. The van der Waals surface area contributed by atoms with Crippen LogP contribution in [0.5, 0.6) is 0 Å². The molecule has 0 N–H and O–H groups in total. The van der Waals surface area contributed by atoms with Gasteiger partial charge in [-0.3, -0.25) is 4.79 Å². The fourth-order valence-electron chi connectivity index (χ4n) is 2.92. The zero-order valence-electron chi connectivity index (χ0n) is 10.2. The number of rotatable bonds is 4. The summed E-state index contributed by atoms with van der Waals surface area (Å²) in [6.45, 7) is 0. The molecule has 0 fully saturated rings. The summed E-state index contributed by atoms with van der Waals surface area (Å²) in [5, 5.41) is 3.40. The average Bonchev–Trinajstić information content (AvgIpc) is 2.67. The summed E-state index contributed by atoms with van der Waals surface area (Å²) in [5.41, 5.74) is 2.16. The van der Waals surface area contributed by atoms with Gasteiger partial charge in [-0.05, 0) is 29.2 Å². The maximum absolute atomic E-state index is 12.5. The summed E-state index contributed by atoms with van der Waals surface area (Å²) in [6.07, 6.45) is 3.21. The van der Waals surface area contributed by atoms with Gasteiger partial charge in [0, 0.05) is 16.8 Å². The van der Waals surface area contributed by atoms with Crippen LogP contribution in [0.2, 0.25) is 0 Å². The molecule has 3 rings (SSSR count). The monoisotopic (exact) mass is 302 g/mol. The molecule has 0 radical (unpaired) electrons. The van der Waals surface area contributed by atoms with Crippen molar-refractivity contribution in [1.82, 2.24) is 0 Å². The molecule has 92 valence electrons.